The van der Waals surface area contributed by atoms with Crippen LogP contribution in [0.25, 0.3) is 0 Å². The van der Waals surface area contributed by atoms with Gasteiger partial charge < -0.3 is 5.32 Å². The summed E-state index contributed by atoms with van der Waals surface area (Å²) < 4.78 is 0.960. The lowest BCUT2D eigenvalue weighted by molar-refractivity contribution is -0.116. The first kappa shape index (κ1) is 16.1. The van der Waals surface area contributed by atoms with Gasteiger partial charge in [0.1, 0.15) is 0 Å². The first-order valence-electron chi connectivity index (χ1n) is 7.09. The highest BCUT2D eigenvalue weighted by atomic mass is 79.9. The number of imide groups is 1. The second-order valence-corrected chi connectivity index (χ2v) is 7.33. The molecule has 3 rings (SSSR count). The summed E-state index contributed by atoms with van der Waals surface area (Å²) in [4.78, 5) is 26.1. The number of carbonyl (C=O) groups is 2. The van der Waals surface area contributed by atoms with E-state index in [1.165, 1.54) is 4.90 Å². The average molecular weight is 391 g/mol. The van der Waals surface area contributed by atoms with Crippen molar-refractivity contribution >= 4 is 50.2 Å². The molecule has 2 aromatic rings. The van der Waals surface area contributed by atoms with Crippen LogP contribution >= 0.6 is 27.7 Å². The Morgan fingerprint density at radius 1 is 1.04 bits per heavy atom. The fraction of sp³-hybridized carbons (Fsp3) is 0.176. The van der Waals surface area contributed by atoms with Gasteiger partial charge in [-0.2, -0.15) is 0 Å². The maximum Gasteiger partial charge on any atom is 0.295 e. The lowest BCUT2D eigenvalue weighted by atomic mass is 10.1. The van der Waals surface area contributed by atoms with E-state index in [0.29, 0.717) is 5.69 Å². The first-order chi connectivity index (χ1) is 11.0. The summed E-state index contributed by atoms with van der Waals surface area (Å²) in [5, 5.41) is 2.24. The number of carbonyl (C=O) groups excluding carboxylic acids is 2. The predicted octanol–water partition coefficient (Wildman–Crippen LogP) is 4.70. The molecule has 2 aromatic carbocycles. The molecule has 0 radical (unpaired) electrons. The fourth-order valence-electron chi connectivity index (χ4n) is 2.30. The van der Waals surface area contributed by atoms with Crippen LogP contribution in [0.5, 0.6) is 0 Å². The van der Waals surface area contributed by atoms with Gasteiger partial charge in [0.2, 0.25) is 0 Å². The van der Waals surface area contributed by atoms with Crippen LogP contribution < -0.4 is 10.2 Å². The van der Waals surface area contributed by atoms with Crippen molar-refractivity contribution in [3.63, 3.8) is 0 Å². The molecule has 1 N–H and O–H groups in total. The molecule has 1 atom stereocenters. The molecule has 1 fully saturated rings. The van der Waals surface area contributed by atoms with Gasteiger partial charge in [-0.25, -0.2) is 4.90 Å². The number of nitrogens with zero attached hydrogens (tertiary/aromatic N) is 1. The lowest BCUT2D eigenvalue weighted by Crippen LogP contribution is -2.34. The Kier molecular flexibility index (Phi) is 4.46. The smallest absolute Gasteiger partial charge is 0.295 e. The van der Waals surface area contributed by atoms with Crippen LogP contribution in [0.15, 0.2) is 46.9 Å². The monoisotopic (exact) mass is 390 g/mol. The van der Waals surface area contributed by atoms with Gasteiger partial charge in [-0.05, 0) is 73.1 Å². The summed E-state index contributed by atoms with van der Waals surface area (Å²) in [7, 11) is 0. The van der Waals surface area contributed by atoms with E-state index < -0.39 is 5.37 Å². The molecule has 23 heavy (non-hydrogen) atoms. The third-order valence-electron chi connectivity index (χ3n) is 3.74. The van der Waals surface area contributed by atoms with Crippen molar-refractivity contribution in [3.8, 4) is 0 Å². The van der Waals surface area contributed by atoms with Crippen molar-refractivity contribution in [3.05, 3.63) is 58.1 Å². The van der Waals surface area contributed by atoms with E-state index >= 15 is 0 Å². The molecule has 1 saturated heterocycles. The molecule has 4 nitrogen and oxygen atoms in total. The highest BCUT2D eigenvalue weighted by Crippen LogP contribution is 2.33. The SMILES string of the molecule is Cc1ccc(N2C(=O)SC(Nc3ccc(Br)cc3)C2=O)cc1C. The standard InChI is InChI=1S/C17H15BrN2O2S/c1-10-3-8-14(9-11(10)2)20-16(21)15(23-17(20)22)19-13-6-4-12(18)5-7-13/h3-9,15,19H,1-2H3. The van der Waals surface area contributed by atoms with E-state index in [9.17, 15) is 9.59 Å². The van der Waals surface area contributed by atoms with Crippen molar-refractivity contribution < 1.29 is 9.59 Å². The molecule has 0 saturated carbocycles. The maximum atomic E-state index is 12.6. The molecule has 1 heterocycles. The van der Waals surface area contributed by atoms with E-state index in [1.807, 2.05) is 50.2 Å². The van der Waals surface area contributed by atoms with Crippen LogP contribution in [-0.4, -0.2) is 16.5 Å². The average Bonchev–Trinajstić information content (AvgIpc) is 2.79. The molecule has 1 aliphatic rings. The van der Waals surface area contributed by atoms with E-state index in [0.717, 1.165) is 33.0 Å². The first-order valence-corrected chi connectivity index (χ1v) is 8.77. The molecule has 6 heteroatoms. The highest BCUT2D eigenvalue weighted by Gasteiger charge is 2.40. The zero-order valence-corrected chi connectivity index (χ0v) is 15.1. The van der Waals surface area contributed by atoms with Gasteiger partial charge in [0.15, 0.2) is 5.37 Å². The van der Waals surface area contributed by atoms with Crippen molar-refractivity contribution in [1.29, 1.82) is 0 Å². The zero-order valence-electron chi connectivity index (χ0n) is 12.7. The van der Waals surface area contributed by atoms with Gasteiger partial charge in [0, 0.05) is 10.2 Å². The van der Waals surface area contributed by atoms with Crippen LogP contribution in [0.1, 0.15) is 11.1 Å². The molecule has 118 valence electrons. The maximum absolute atomic E-state index is 12.6. The predicted molar refractivity (Wildman–Crippen MR) is 97.9 cm³/mol. The molecule has 0 aromatic heterocycles. The Morgan fingerprint density at radius 3 is 2.39 bits per heavy atom. The second kappa shape index (κ2) is 6.37. The van der Waals surface area contributed by atoms with E-state index in [4.69, 9.17) is 0 Å². The summed E-state index contributed by atoms with van der Waals surface area (Å²) in [6, 6.07) is 13.1. The summed E-state index contributed by atoms with van der Waals surface area (Å²) in [6.45, 7) is 3.97. The molecular formula is C17H15BrN2O2S. The number of nitrogens with one attached hydrogen (secondary N) is 1. The Hall–Kier alpha value is -1.79. The van der Waals surface area contributed by atoms with Crippen LogP contribution in [0.4, 0.5) is 16.2 Å². The molecule has 0 bridgehead atoms. The number of rotatable bonds is 3. The van der Waals surface area contributed by atoms with Gasteiger partial charge in [-0.1, -0.05) is 22.0 Å². The number of amides is 2. The molecule has 0 spiro atoms. The summed E-state index contributed by atoms with van der Waals surface area (Å²) in [6.07, 6.45) is 0. The minimum Gasteiger partial charge on any atom is -0.365 e. The Bertz CT molecular complexity index is 777. The fourth-order valence-corrected chi connectivity index (χ4v) is 3.47. The normalized spacial score (nSPS) is 17.7. The van der Waals surface area contributed by atoms with Gasteiger partial charge in [-0.15, -0.1) is 0 Å². The van der Waals surface area contributed by atoms with Crippen molar-refractivity contribution in [2.75, 3.05) is 10.2 Å². The summed E-state index contributed by atoms with van der Waals surface area (Å²) in [5.74, 6) is -0.244. The number of aryl methyl sites for hydroxylation is 2. The lowest BCUT2D eigenvalue weighted by Gasteiger charge is -2.16. The highest BCUT2D eigenvalue weighted by molar-refractivity contribution is 9.10. The third kappa shape index (κ3) is 3.28. The van der Waals surface area contributed by atoms with Crippen LogP contribution in [-0.2, 0) is 4.79 Å². The van der Waals surface area contributed by atoms with Crippen LogP contribution in [0.2, 0.25) is 0 Å². The Morgan fingerprint density at radius 2 is 1.74 bits per heavy atom. The van der Waals surface area contributed by atoms with Gasteiger partial charge in [0.05, 0.1) is 5.69 Å². The molecule has 0 aliphatic carbocycles. The van der Waals surface area contributed by atoms with Gasteiger partial charge >= 0.3 is 0 Å². The Labute approximate surface area is 147 Å². The number of anilines is 2. The largest absolute Gasteiger partial charge is 0.365 e. The quantitative estimate of drug-likeness (QED) is 0.824. The topological polar surface area (TPSA) is 49.4 Å². The van der Waals surface area contributed by atoms with Crippen LogP contribution in [0, 0.1) is 13.8 Å². The summed E-state index contributed by atoms with van der Waals surface area (Å²) in [5.41, 5.74) is 3.60. The zero-order chi connectivity index (χ0) is 16.6. The number of benzene rings is 2. The van der Waals surface area contributed by atoms with Crippen molar-refractivity contribution in [2.24, 2.45) is 0 Å². The van der Waals surface area contributed by atoms with Crippen LogP contribution in [0.3, 0.4) is 0 Å². The Balaban J connectivity index is 1.82. The van der Waals surface area contributed by atoms with Gasteiger partial charge in [-0.3, -0.25) is 9.59 Å². The number of hydrogen-bond acceptors (Lipinski definition) is 4. The van der Waals surface area contributed by atoms with E-state index in [1.54, 1.807) is 6.07 Å². The number of hydrogen-bond donors (Lipinski definition) is 1. The third-order valence-corrected chi connectivity index (χ3v) is 5.20. The molecule has 1 unspecified atom stereocenters. The van der Waals surface area contributed by atoms with E-state index in [-0.39, 0.29) is 11.1 Å². The van der Waals surface area contributed by atoms with Crippen molar-refractivity contribution in [2.45, 2.75) is 19.2 Å². The van der Waals surface area contributed by atoms with Crippen molar-refractivity contribution in [1.82, 2.24) is 0 Å². The van der Waals surface area contributed by atoms with E-state index in [2.05, 4.69) is 21.2 Å². The minimum absolute atomic E-state index is 0.244. The number of thioether (sulfide) groups is 1. The molecule has 1 aliphatic heterocycles. The molecule has 2 amide bonds. The second-order valence-electron chi connectivity index (χ2n) is 5.36. The minimum atomic E-state index is -0.606. The molecular weight excluding hydrogens is 376 g/mol. The van der Waals surface area contributed by atoms with Gasteiger partial charge in [0.25, 0.3) is 11.1 Å². The summed E-state index contributed by atoms with van der Waals surface area (Å²) >= 11 is 4.37. The number of halogens is 1.